The zero-order valence-corrected chi connectivity index (χ0v) is 8.72. The van der Waals surface area contributed by atoms with E-state index in [1.807, 2.05) is 0 Å². The van der Waals surface area contributed by atoms with Crippen molar-refractivity contribution in [3.8, 4) is 0 Å². The van der Waals surface area contributed by atoms with Gasteiger partial charge in [0.1, 0.15) is 0 Å². The van der Waals surface area contributed by atoms with E-state index in [1.165, 1.54) is 24.3 Å². The Balaban J connectivity index is 2.14. The van der Waals surface area contributed by atoms with Crippen molar-refractivity contribution in [3.05, 3.63) is 58.8 Å². The van der Waals surface area contributed by atoms with Crippen LogP contribution in [-0.2, 0) is 0 Å². The van der Waals surface area contributed by atoms with Crippen molar-refractivity contribution >= 4 is 17.2 Å². The summed E-state index contributed by atoms with van der Waals surface area (Å²) in [5, 5.41) is 18.2. The molecule has 0 saturated heterocycles. The summed E-state index contributed by atoms with van der Waals surface area (Å²) < 4.78 is 0. The van der Waals surface area contributed by atoms with Crippen molar-refractivity contribution in [2.24, 2.45) is 10.2 Å². The van der Waals surface area contributed by atoms with Crippen LogP contribution in [0.15, 0.2) is 58.9 Å². The van der Waals surface area contributed by atoms with Crippen molar-refractivity contribution < 1.29 is 4.92 Å². The Bertz CT molecular complexity index is 537. The topological polar surface area (TPSA) is 80.8 Å². The van der Waals surface area contributed by atoms with Crippen LogP contribution < -0.4 is 0 Å². The number of rotatable bonds is 3. The van der Waals surface area contributed by atoms with Gasteiger partial charge in [-0.25, -0.2) is 4.98 Å². The van der Waals surface area contributed by atoms with Crippen LogP contribution in [0, 0.1) is 10.1 Å². The maximum Gasteiger partial charge on any atom is 0.269 e. The first-order valence-electron chi connectivity index (χ1n) is 4.83. The number of hydrogen-bond donors (Lipinski definition) is 0. The summed E-state index contributed by atoms with van der Waals surface area (Å²) >= 11 is 0. The molecule has 0 bridgehead atoms. The van der Waals surface area contributed by atoms with E-state index in [0.29, 0.717) is 11.5 Å². The van der Waals surface area contributed by atoms with Crippen LogP contribution in [0.5, 0.6) is 0 Å². The summed E-state index contributed by atoms with van der Waals surface area (Å²) in [6.07, 6.45) is 1.62. The maximum absolute atomic E-state index is 10.4. The largest absolute Gasteiger partial charge is 0.269 e. The van der Waals surface area contributed by atoms with Gasteiger partial charge in [0, 0.05) is 18.3 Å². The molecule has 0 aliphatic heterocycles. The minimum absolute atomic E-state index is 0.0294. The quantitative estimate of drug-likeness (QED) is 0.458. The fourth-order valence-corrected chi connectivity index (χ4v) is 1.16. The van der Waals surface area contributed by atoms with Crippen LogP contribution in [0.2, 0.25) is 0 Å². The Kier molecular flexibility index (Phi) is 3.15. The lowest BCUT2D eigenvalue weighted by Crippen LogP contribution is -1.85. The molecule has 0 amide bonds. The summed E-state index contributed by atoms with van der Waals surface area (Å²) in [7, 11) is 0. The first-order valence-corrected chi connectivity index (χ1v) is 4.83. The number of nitro benzene ring substituents is 1. The second kappa shape index (κ2) is 4.93. The molecule has 0 unspecified atom stereocenters. The van der Waals surface area contributed by atoms with Crippen LogP contribution in [0.4, 0.5) is 17.2 Å². The molecule has 1 aromatic carbocycles. The van der Waals surface area contributed by atoms with E-state index in [9.17, 15) is 10.1 Å². The second-order valence-electron chi connectivity index (χ2n) is 3.16. The Morgan fingerprint density at radius 1 is 1.06 bits per heavy atom. The molecule has 0 saturated carbocycles. The van der Waals surface area contributed by atoms with E-state index < -0.39 is 4.92 Å². The number of non-ortho nitro benzene ring substituents is 1. The molecule has 0 atom stereocenters. The summed E-state index contributed by atoms with van der Waals surface area (Å²) in [6.45, 7) is 0. The monoisotopic (exact) mass is 228 g/mol. The predicted molar refractivity (Wildman–Crippen MR) is 61.5 cm³/mol. The van der Waals surface area contributed by atoms with Gasteiger partial charge in [0.05, 0.1) is 10.6 Å². The Hall–Kier alpha value is -2.63. The molecule has 1 aromatic heterocycles. The van der Waals surface area contributed by atoms with Gasteiger partial charge in [-0.1, -0.05) is 6.07 Å². The van der Waals surface area contributed by atoms with Gasteiger partial charge in [0.25, 0.3) is 5.69 Å². The number of benzene rings is 1. The Morgan fingerprint density at radius 2 is 1.82 bits per heavy atom. The highest BCUT2D eigenvalue weighted by Gasteiger charge is 2.02. The summed E-state index contributed by atoms with van der Waals surface area (Å²) in [5.41, 5.74) is 0.572. The number of aromatic nitrogens is 1. The van der Waals surface area contributed by atoms with E-state index in [0.717, 1.165) is 0 Å². The first kappa shape index (κ1) is 10.9. The lowest BCUT2D eigenvalue weighted by molar-refractivity contribution is -0.384. The number of azo groups is 1. The minimum atomic E-state index is -0.459. The lowest BCUT2D eigenvalue weighted by Gasteiger charge is -1.92. The molecule has 6 heteroatoms. The molecular formula is C11H8N4O2. The molecule has 0 aliphatic rings. The minimum Gasteiger partial charge on any atom is -0.258 e. The van der Waals surface area contributed by atoms with E-state index >= 15 is 0 Å². The van der Waals surface area contributed by atoms with Crippen molar-refractivity contribution in [2.75, 3.05) is 0 Å². The smallest absolute Gasteiger partial charge is 0.258 e. The SMILES string of the molecule is O=[N+]([O-])c1ccc(N=Nc2ccccn2)cc1. The second-order valence-corrected chi connectivity index (χ2v) is 3.16. The van der Waals surface area contributed by atoms with Crippen molar-refractivity contribution in [2.45, 2.75) is 0 Å². The molecule has 0 spiro atoms. The highest BCUT2D eigenvalue weighted by atomic mass is 16.6. The summed E-state index contributed by atoms with van der Waals surface area (Å²) in [4.78, 5) is 13.9. The molecule has 2 aromatic rings. The van der Waals surface area contributed by atoms with Gasteiger partial charge in [0.2, 0.25) is 0 Å². The molecule has 0 fully saturated rings. The van der Waals surface area contributed by atoms with E-state index in [4.69, 9.17) is 0 Å². The van der Waals surface area contributed by atoms with Gasteiger partial charge < -0.3 is 0 Å². The van der Waals surface area contributed by atoms with Crippen LogP contribution in [0.25, 0.3) is 0 Å². The third-order valence-electron chi connectivity index (χ3n) is 1.98. The van der Waals surface area contributed by atoms with Crippen molar-refractivity contribution in [3.63, 3.8) is 0 Å². The van der Waals surface area contributed by atoms with Gasteiger partial charge in [0.15, 0.2) is 5.82 Å². The van der Waals surface area contributed by atoms with Crippen LogP contribution in [0.1, 0.15) is 0 Å². The lowest BCUT2D eigenvalue weighted by atomic mass is 10.3. The highest BCUT2D eigenvalue weighted by molar-refractivity contribution is 5.44. The fraction of sp³-hybridized carbons (Fsp3) is 0. The normalized spacial score (nSPS) is 10.6. The standard InChI is InChI=1S/C11H8N4O2/c16-15(17)10-6-4-9(5-7-10)13-14-11-3-1-2-8-12-11/h1-8H. The molecule has 84 valence electrons. The van der Waals surface area contributed by atoms with Crippen molar-refractivity contribution in [1.29, 1.82) is 0 Å². The van der Waals surface area contributed by atoms with Crippen LogP contribution >= 0.6 is 0 Å². The molecule has 2 rings (SSSR count). The maximum atomic E-state index is 10.4. The summed E-state index contributed by atoms with van der Waals surface area (Å²) in [6, 6.07) is 11.1. The highest BCUT2D eigenvalue weighted by Crippen LogP contribution is 2.19. The van der Waals surface area contributed by atoms with Crippen molar-refractivity contribution in [1.82, 2.24) is 4.98 Å². The van der Waals surface area contributed by atoms with Gasteiger partial charge in [-0.3, -0.25) is 10.1 Å². The molecule has 0 N–H and O–H groups in total. The zero-order valence-electron chi connectivity index (χ0n) is 8.72. The number of nitro groups is 1. The summed E-state index contributed by atoms with van der Waals surface area (Å²) in [5.74, 6) is 0.492. The molecule has 0 aliphatic carbocycles. The van der Waals surface area contributed by atoms with Gasteiger partial charge in [-0.05, 0) is 24.3 Å². The zero-order chi connectivity index (χ0) is 12.1. The number of pyridine rings is 1. The van der Waals surface area contributed by atoms with Gasteiger partial charge >= 0.3 is 0 Å². The molecular weight excluding hydrogens is 220 g/mol. The molecule has 17 heavy (non-hydrogen) atoms. The molecule has 0 radical (unpaired) electrons. The Morgan fingerprint density at radius 3 is 2.41 bits per heavy atom. The Labute approximate surface area is 96.8 Å². The average molecular weight is 228 g/mol. The van der Waals surface area contributed by atoms with E-state index in [2.05, 4.69) is 15.2 Å². The third kappa shape index (κ3) is 2.91. The number of nitrogens with zero attached hydrogens (tertiary/aromatic N) is 4. The fourth-order valence-electron chi connectivity index (χ4n) is 1.16. The van der Waals surface area contributed by atoms with E-state index in [1.54, 1.807) is 24.4 Å². The molecule has 1 heterocycles. The van der Waals surface area contributed by atoms with Crippen LogP contribution in [-0.4, -0.2) is 9.91 Å². The first-order chi connectivity index (χ1) is 8.25. The van der Waals surface area contributed by atoms with Crippen LogP contribution in [0.3, 0.4) is 0 Å². The predicted octanol–water partition coefficient (Wildman–Crippen LogP) is 3.41. The molecule has 6 nitrogen and oxygen atoms in total. The van der Waals surface area contributed by atoms with E-state index in [-0.39, 0.29) is 5.69 Å². The number of hydrogen-bond acceptors (Lipinski definition) is 5. The van der Waals surface area contributed by atoms with Gasteiger partial charge in [-0.2, -0.15) is 0 Å². The average Bonchev–Trinajstić information content (AvgIpc) is 2.38. The van der Waals surface area contributed by atoms with Gasteiger partial charge in [-0.15, -0.1) is 10.2 Å². The third-order valence-corrected chi connectivity index (χ3v) is 1.98.